The number of hydrogen-bond acceptors (Lipinski definition) is 4. The van der Waals surface area contributed by atoms with Crippen LogP contribution < -0.4 is 5.32 Å². The summed E-state index contributed by atoms with van der Waals surface area (Å²) in [6.45, 7) is 2.42. The molecule has 1 fully saturated rings. The van der Waals surface area contributed by atoms with Crippen molar-refractivity contribution in [2.75, 3.05) is 46.5 Å². The molecule has 1 atom stereocenters. The molecule has 1 aliphatic heterocycles. The molecule has 5 nitrogen and oxygen atoms in total. The van der Waals surface area contributed by atoms with Crippen LogP contribution in [0, 0.1) is 0 Å². The van der Waals surface area contributed by atoms with E-state index in [9.17, 15) is 8.42 Å². The van der Waals surface area contributed by atoms with Crippen LogP contribution in [0.25, 0.3) is 0 Å². The van der Waals surface area contributed by atoms with Crippen molar-refractivity contribution in [3.63, 3.8) is 0 Å². The maximum absolute atomic E-state index is 12.3. The fourth-order valence-electron chi connectivity index (χ4n) is 2.48. The molecule has 0 saturated carbocycles. The molecule has 1 rings (SSSR count). The summed E-state index contributed by atoms with van der Waals surface area (Å²) in [6, 6.07) is 0.175. The van der Waals surface area contributed by atoms with Crippen molar-refractivity contribution >= 4 is 10.0 Å². The van der Waals surface area contributed by atoms with Gasteiger partial charge in [0.1, 0.15) is 0 Å². The zero-order chi connectivity index (χ0) is 13.6. The Hall–Kier alpha value is -0.170. The summed E-state index contributed by atoms with van der Waals surface area (Å²) in [7, 11) is 2.83. The topological polar surface area (TPSA) is 52.7 Å². The molecule has 0 amide bonds. The molecule has 6 heteroatoms. The van der Waals surface area contributed by atoms with E-state index in [0.29, 0.717) is 12.3 Å². The number of hydrogen-bond donors (Lipinski definition) is 1. The minimum absolute atomic E-state index is 0.175. The standard InChI is InChI=1S/C12H27N3O2S/c1-13-8-4-5-10-18(16,17)15-9-6-7-12(15)11-14(2)3/h12-13H,4-11H2,1-3H3. The van der Waals surface area contributed by atoms with Crippen LogP contribution in [0.1, 0.15) is 25.7 Å². The zero-order valence-corrected chi connectivity index (χ0v) is 12.7. The van der Waals surface area contributed by atoms with Crippen LogP contribution in [0.5, 0.6) is 0 Å². The van der Waals surface area contributed by atoms with Crippen LogP contribution >= 0.6 is 0 Å². The molecule has 1 aliphatic rings. The Kier molecular flexibility index (Phi) is 6.55. The highest BCUT2D eigenvalue weighted by molar-refractivity contribution is 7.89. The van der Waals surface area contributed by atoms with Crippen LogP contribution in [0.4, 0.5) is 0 Å². The van der Waals surface area contributed by atoms with Gasteiger partial charge in [0.25, 0.3) is 0 Å². The summed E-state index contributed by atoms with van der Waals surface area (Å²) in [5.74, 6) is 0.290. The van der Waals surface area contributed by atoms with Crippen molar-refractivity contribution in [3.05, 3.63) is 0 Å². The van der Waals surface area contributed by atoms with E-state index in [2.05, 4.69) is 10.2 Å². The summed E-state index contributed by atoms with van der Waals surface area (Å²) >= 11 is 0. The van der Waals surface area contributed by atoms with E-state index in [1.807, 2.05) is 21.1 Å². The van der Waals surface area contributed by atoms with Gasteiger partial charge in [0.05, 0.1) is 5.75 Å². The molecular formula is C12H27N3O2S. The van der Waals surface area contributed by atoms with Gasteiger partial charge in [0.2, 0.25) is 10.0 Å². The second-order valence-electron chi connectivity index (χ2n) is 5.30. The van der Waals surface area contributed by atoms with Gasteiger partial charge in [-0.05, 0) is 53.4 Å². The maximum Gasteiger partial charge on any atom is 0.214 e. The maximum atomic E-state index is 12.3. The second-order valence-corrected chi connectivity index (χ2v) is 7.34. The SMILES string of the molecule is CNCCCCS(=O)(=O)N1CCCC1CN(C)C. The summed E-state index contributed by atoms with van der Waals surface area (Å²) in [6.07, 6.45) is 3.65. The minimum atomic E-state index is -3.06. The van der Waals surface area contributed by atoms with Gasteiger partial charge in [-0.3, -0.25) is 0 Å². The van der Waals surface area contributed by atoms with E-state index in [0.717, 1.165) is 38.8 Å². The fourth-order valence-corrected chi connectivity index (χ4v) is 4.32. The van der Waals surface area contributed by atoms with Crippen LogP contribution in [-0.4, -0.2) is 70.2 Å². The Morgan fingerprint density at radius 3 is 2.67 bits per heavy atom. The highest BCUT2D eigenvalue weighted by atomic mass is 32.2. The highest BCUT2D eigenvalue weighted by Crippen LogP contribution is 2.22. The second kappa shape index (κ2) is 7.43. The molecule has 0 spiro atoms. The van der Waals surface area contributed by atoms with E-state index in [1.165, 1.54) is 0 Å². The first-order chi connectivity index (χ1) is 8.47. The molecule has 1 heterocycles. The van der Waals surface area contributed by atoms with Crippen LogP contribution in [-0.2, 0) is 10.0 Å². The van der Waals surface area contributed by atoms with E-state index < -0.39 is 10.0 Å². The van der Waals surface area contributed by atoms with Crippen molar-refractivity contribution in [2.45, 2.75) is 31.7 Å². The molecule has 1 N–H and O–H groups in total. The lowest BCUT2D eigenvalue weighted by Gasteiger charge is -2.26. The third kappa shape index (κ3) is 4.84. The van der Waals surface area contributed by atoms with Crippen molar-refractivity contribution in [1.29, 1.82) is 0 Å². The third-order valence-electron chi connectivity index (χ3n) is 3.34. The zero-order valence-electron chi connectivity index (χ0n) is 11.9. The Balaban J connectivity index is 2.49. The smallest absolute Gasteiger partial charge is 0.214 e. The van der Waals surface area contributed by atoms with Gasteiger partial charge in [-0.15, -0.1) is 0 Å². The average molecular weight is 277 g/mol. The van der Waals surface area contributed by atoms with Crippen LogP contribution in [0.2, 0.25) is 0 Å². The summed E-state index contributed by atoms with van der Waals surface area (Å²) in [4.78, 5) is 2.07. The summed E-state index contributed by atoms with van der Waals surface area (Å²) < 4.78 is 26.3. The largest absolute Gasteiger partial charge is 0.320 e. The summed E-state index contributed by atoms with van der Waals surface area (Å²) in [5, 5.41) is 3.04. The number of sulfonamides is 1. The van der Waals surface area contributed by atoms with Gasteiger partial charge in [-0.25, -0.2) is 8.42 Å². The quantitative estimate of drug-likeness (QED) is 0.650. The molecule has 108 valence electrons. The molecule has 0 aromatic rings. The van der Waals surface area contributed by atoms with Gasteiger partial charge in [-0.2, -0.15) is 4.31 Å². The molecule has 0 aromatic carbocycles. The lowest BCUT2D eigenvalue weighted by Crippen LogP contribution is -2.42. The number of unbranched alkanes of at least 4 members (excludes halogenated alkanes) is 1. The Morgan fingerprint density at radius 1 is 1.33 bits per heavy atom. The molecule has 1 unspecified atom stereocenters. The normalized spacial score (nSPS) is 21.9. The predicted molar refractivity (Wildman–Crippen MR) is 75.2 cm³/mol. The van der Waals surface area contributed by atoms with Crippen molar-refractivity contribution < 1.29 is 8.42 Å². The number of likely N-dealkylation sites (N-methyl/N-ethyl adjacent to an activating group) is 1. The highest BCUT2D eigenvalue weighted by Gasteiger charge is 2.33. The number of nitrogens with zero attached hydrogens (tertiary/aromatic N) is 2. The van der Waals surface area contributed by atoms with Crippen LogP contribution in [0.15, 0.2) is 0 Å². The molecule has 0 radical (unpaired) electrons. The van der Waals surface area contributed by atoms with E-state index in [4.69, 9.17) is 0 Å². The average Bonchev–Trinajstić information content (AvgIpc) is 2.72. The Morgan fingerprint density at radius 2 is 2.06 bits per heavy atom. The Labute approximate surface area is 112 Å². The van der Waals surface area contributed by atoms with E-state index >= 15 is 0 Å². The first-order valence-electron chi connectivity index (χ1n) is 6.76. The summed E-state index contributed by atoms with van der Waals surface area (Å²) in [5.41, 5.74) is 0. The first-order valence-corrected chi connectivity index (χ1v) is 8.37. The lowest BCUT2D eigenvalue weighted by atomic mass is 10.2. The molecule has 18 heavy (non-hydrogen) atoms. The minimum Gasteiger partial charge on any atom is -0.320 e. The van der Waals surface area contributed by atoms with Crippen molar-refractivity contribution in [3.8, 4) is 0 Å². The van der Waals surface area contributed by atoms with Crippen molar-refractivity contribution in [1.82, 2.24) is 14.5 Å². The molecular weight excluding hydrogens is 250 g/mol. The third-order valence-corrected chi connectivity index (χ3v) is 5.34. The lowest BCUT2D eigenvalue weighted by molar-refractivity contribution is 0.291. The number of rotatable bonds is 8. The van der Waals surface area contributed by atoms with E-state index in [1.54, 1.807) is 4.31 Å². The monoisotopic (exact) mass is 277 g/mol. The number of nitrogens with one attached hydrogen (secondary N) is 1. The van der Waals surface area contributed by atoms with Gasteiger partial charge in [-0.1, -0.05) is 0 Å². The van der Waals surface area contributed by atoms with Crippen molar-refractivity contribution in [2.24, 2.45) is 0 Å². The molecule has 1 saturated heterocycles. The Bertz CT molecular complexity index is 330. The van der Waals surface area contributed by atoms with Gasteiger partial charge in [0.15, 0.2) is 0 Å². The first kappa shape index (κ1) is 15.9. The molecule has 0 aliphatic carbocycles. The van der Waals surface area contributed by atoms with Crippen LogP contribution in [0.3, 0.4) is 0 Å². The molecule has 0 aromatic heterocycles. The van der Waals surface area contributed by atoms with Gasteiger partial charge in [0, 0.05) is 19.1 Å². The predicted octanol–water partition coefficient (Wildman–Crippen LogP) is 0.342. The molecule has 0 bridgehead atoms. The fraction of sp³-hybridized carbons (Fsp3) is 1.00. The van der Waals surface area contributed by atoms with E-state index in [-0.39, 0.29) is 6.04 Å². The van der Waals surface area contributed by atoms with Gasteiger partial charge < -0.3 is 10.2 Å². The van der Waals surface area contributed by atoms with Gasteiger partial charge >= 0.3 is 0 Å².